The first-order chi connectivity index (χ1) is 19.0. The second-order valence-corrected chi connectivity index (χ2v) is 10.6. The number of fused-ring (bicyclic) bond motifs is 1. The van der Waals surface area contributed by atoms with Crippen molar-refractivity contribution in [3.63, 3.8) is 0 Å². The first-order valence-corrected chi connectivity index (χ1v) is 14.0. The molecule has 2 atom stereocenters. The molecule has 0 aliphatic carbocycles. The van der Waals surface area contributed by atoms with Crippen LogP contribution in [0, 0.1) is 5.82 Å². The quantitative estimate of drug-likeness (QED) is 0.225. The van der Waals surface area contributed by atoms with Crippen molar-refractivity contribution in [3.05, 3.63) is 142 Å². The van der Waals surface area contributed by atoms with Gasteiger partial charge < -0.3 is 4.90 Å². The van der Waals surface area contributed by atoms with E-state index in [1.807, 2.05) is 54.3 Å². The van der Waals surface area contributed by atoms with E-state index in [2.05, 4.69) is 47.4 Å². The average molecular weight is 541 g/mol. The molecular formula is C34H34ClFN2O. The molecule has 4 aromatic carbocycles. The monoisotopic (exact) mass is 540 g/mol. The van der Waals surface area contributed by atoms with Gasteiger partial charge in [0.05, 0.1) is 12.1 Å². The van der Waals surface area contributed by atoms with Gasteiger partial charge in [-0.1, -0.05) is 103 Å². The van der Waals surface area contributed by atoms with Crippen molar-refractivity contribution >= 4 is 17.5 Å². The lowest BCUT2D eigenvalue weighted by Crippen LogP contribution is -2.51. The van der Waals surface area contributed by atoms with Crippen LogP contribution in [0.15, 0.2) is 103 Å². The topological polar surface area (TPSA) is 23.6 Å². The first kappa shape index (κ1) is 27.1. The SMILES string of the molecule is CC(C(=O)N(CCc1ccccc1)CCc1ccccc1F)N1CCc2ccccc2C1c1ccccc1Cl. The Morgan fingerprint density at radius 3 is 2.28 bits per heavy atom. The van der Waals surface area contributed by atoms with Crippen LogP contribution in [0.4, 0.5) is 4.39 Å². The molecule has 1 aliphatic rings. The maximum Gasteiger partial charge on any atom is 0.239 e. The summed E-state index contributed by atoms with van der Waals surface area (Å²) in [6.07, 6.45) is 2.08. The summed E-state index contributed by atoms with van der Waals surface area (Å²) >= 11 is 6.73. The molecule has 3 nitrogen and oxygen atoms in total. The van der Waals surface area contributed by atoms with E-state index < -0.39 is 0 Å². The Kier molecular flexibility index (Phi) is 8.75. The molecule has 0 saturated heterocycles. The van der Waals surface area contributed by atoms with Crippen molar-refractivity contribution in [2.45, 2.75) is 38.3 Å². The Hall–Kier alpha value is -3.47. The van der Waals surface area contributed by atoms with Crippen molar-refractivity contribution in [2.24, 2.45) is 0 Å². The van der Waals surface area contributed by atoms with E-state index in [-0.39, 0.29) is 23.8 Å². The molecule has 0 aromatic heterocycles. The van der Waals surface area contributed by atoms with Crippen LogP contribution in [0.1, 0.15) is 40.8 Å². The molecule has 1 aliphatic heterocycles. The Bertz CT molecular complexity index is 1410. The molecule has 1 amide bonds. The summed E-state index contributed by atoms with van der Waals surface area (Å²) in [7, 11) is 0. The predicted octanol–water partition coefficient (Wildman–Crippen LogP) is 7.13. The molecule has 0 N–H and O–H groups in total. The summed E-state index contributed by atoms with van der Waals surface area (Å²) < 4.78 is 14.4. The van der Waals surface area contributed by atoms with Gasteiger partial charge >= 0.3 is 0 Å². The zero-order valence-electron chi connectivity index (χ0n) is 22.3. The van der Waals surface area contributed by atoms with Gasteiger partial charge in [0.2, 0.25) is 5.91 Å². The summed E-state index contributed by atoms with van der Waals surface area (Å²) in [5.74, 6) is -0.175. The van der Waals surface area contributed by atoms with Gasteiger partial charge in [-0.3, -0.25) is 9.69 Å². The highest BCUT2D eigenvalue weighted by atomic mass is 35.5. The number of carbonyl (C=O) groups excluding carboxylic acids is 1. The van der Waals surface area contributed by atoms with Gasteiger partial charge in [0.1, 0.15) is 5.82 Å². The highest BCUT2D eigenvalue weighted by molar-refractivity contribution is 6.31. The van der Waals surface area contributed by atoms with Crippen LogP contribution in [0.5, 0.6) is 0 Å². The molecule has 0 saturated carbocycles. The summed E-state index contributed by atoms with van der Waals surface area (Å²) in [6, 6.07) is 32.9. The van der Waals surface area contributed by atoms with E-state index >= 15 is 0 Å². The van der Waals surface area contributed by atoms with Crippen LogP contribution in [-0.4, -0.2) is 41.4 Å². The van der Waals surface area contributed by atoms with Gasteiger partial charge in [-0.15, -0.1) is 0 Å². The van der Waals surface area contributed by atoms with Gasteiger partial charge in [-0.25, -0.2) is 4.39 Å². The standard InChI is InChI=1S/C34H34ClFN2O/c1-25(38-24-21-27-13-5-7-15-29(27)33(38)30-16-8-9-17-31(30)35)34(39)37(22-19-26-11-3-2-4-12-26)23-20-28-14-6-10-18-32(28)36/h2-18,25,33H,19-24H2,1H3. The van der Waals surface area contributed by atoms with Crippen LogP contribution in [0.3, 0.4) is 0 Å². The molecule has 5 heteroatoms. The number of hydrogen-bond acceptors (Lipinski definition) is 2. The van der Waals surface area contributed by atoms with Gasteiger partial charge in [0, 0.05) is 24.7 Å². The van der Waals surface area contributed by atoms with Crippen LogP contribution in [0.2, 0.25) is 5.02 Å². The third-order valence-corrected chi connectivity index (χ3v) is 8.15. The second kappa shape index (κ2) is 12.6. The first-order valence-electron chi connectivity index (χ1n) is 13.7. The molecule has 0 fully saturated rings. The fourth-order valence-electron chi connectivity index (χ4n) is 5.65. The van der Waals surface area contributed by atoms with Gasteiger partial charge in [-0.05, 0) is 66.1 Å². The number of hydrogen-bond donors (Lipinski definition) is 0. The zero-order chi connectivity index (χ0) is 27.2. The summed E-state index contributed by atoms with van der Waals surface area (Å²) in [4.78, 5) is 18.4. The Morgan fingerprint density at radius 1 is 0.872 bits per heavy atom. The minimum Gasteiger partial charge on any atom is -0.341 e. The number of halogens is 2. The van der Waals surface area contributed by atoms with E-state index in [1.165, 1.54) is 22.8 Å². The lowest BCUT2D eigenvalue weighted by Gasteiger charge is -2.42. The zero-order valence-corrected chi connectivity index (χ0v) is 23.0. The van der Waals surface area contributed by atoms with Gasteiger partial charge in [0.15, 0.2) is 0 Å². The summed E-state index contributed by atoms with van der Waals surface area (Å²) in [5.41, 5.74) is 5.30. The van der Waals surface area contributed by atoms with Gasteiger partial charge in [0.25, 0.3) is 0 Å². The van der Waals surface area contributed by atoms with Crippen LogP contribution < -0.4 is 0 Å². The largest absolute Gasteiger partial charge is 0.341 e. The molecule has 0 radical (unpaired) electrons. The molecule has 0 spiro atoms. The van der Waals surface area contributed by atoms with Crippen molar-refractivity contribution in [1.29, 1.82) is 0 Å². The summed E-state index contributed by atoms with van der Waals surface area (Å²) in [6.45, 7) is 3.78. The Balaban J connectivity index is 1.43. The van der Waals surface area contributed by atoms with Crippen LogP contribution in [-0.2, 0) is 24.1 Å². The minimum atomic E-state index is -0.379. The fourth-order valence-corrected chi connectivity index (χ4v) is 5.89. The van der Waals surface area contributed by atoms with Gasteiger partial charge in [-0.2, -0.15) is 0 Å². The number of nitrogens with zero attached hydrogens (tertiary/aromatic N) is 2. The highest BCUT2D eigenvalue weighted by Crippen LogP contribution is 2.39. The lowest BCUT2D eigenvalue weighted by molar-refractivity contribution is -0.137. The molecule has 5 rings (SSSR count). The van der Waals surface area contributed by atoms with E-state index in [0.29, 0.717) is 30.1 Å². The number of amides is 1. The average Bonchev–Trinajstić information content (AvgIpc) is 2.97. The van der Waals surface area contributed by atoms with Crippen LogP contribution >= 0.6 is 11.6 Å². The smallest absolute Gasteiger partial charge is 0.239 e. The van der Waals surface area contributed by atoms with Crippen molar-refractivity contribution in [3.8, 4) is 0 Å². The maximum absolute atomic E-state index is 14.4. The third kappa shape index (κ3) is 6.24. The molecule has 4 aromatic rings. The Labute approximate surface area is 235 Å². The van der Waals surface area contributed by atoms with Crippen molar-refractivity contribution < 1.29 is 9.18 Å². The molecule has 0 bridgehead atoms. The predicted molar refractivity (Wildman–Crippen MR) is 156 cm³/mol. The second-order valence-electron chi connectivity index (χ2n) is 10.2. The van der Waals surface area contributed by atoms with Crippen LogP contribution in [0.25, 0.3) is 0 Å². The maximum atomic E-state index is 14.4. The van der Waals surface area contributed by atoms with Crippen molar-refractivity contribution in [1.82, 2.24) is 9.80 Å². The van der Waals surface area contributed by atoms with E-state index in [9.17, 15) is 9.18 Å². The number of rotatable bonds is 9. The molecule has 200 valence electrons. The number of carbonyl (C=O) groups is 1. The lowest BCUT2D eigenvalue weighted by atomic mass is 9.87. The van der Waals surface area contributed by atoms with E-state index in [4.69, 9.17) is 11.6 Å². The fraction of sp³-hybridized carbons (Fsp3) is 0.265. The third-order valence-electron chi connectivity index (χ3n) is 7.81. The van der Waals surface area contributed by atoms with E-state index in [1.54, 1.807) is 12.1 Å². The molecular weight excluding hydrogens is 507 g/mol. The highest BCUT2D eigenvalue weighted by Gasteiger charge is 2.36. The Morgan fingerprint density at radius 2 is 1.51 bits per heavy atom. The summed E-state index contributed by atoms with van der Waals surface area (Å²) in [5, 5.41) is 0.698. The van der Waals surface area contributed by atoms with E-state index in [0.717, 1.165) is 24.9 Å². The number of benzene rings is 4. The van der Waals surface area contributed by atoms with Crippen molar-refractivity contribution in [2.75, 3.05) is 19.6 Å². The minimum absolute atomic E-state index is 0.0544. The molecule has 1 heterocycles. The normalized spacial score (nSPS) is 15.9. The molecule has 2 unspecified atom stereocenters. The molecule has 39 heavy (non-hydrogen) atoms.